The van der Waals surface area contributed by atoms with Gasteiger partial charge in [-0.05, 0) is 62.7 Å². The van der Waals surface area contributed by atoms with E-state index in [1.54, 1.807) is 29.2 Å². The highest BCUT2D eigenvalue weighted by Gasteiger charge is 2.35. The second-order valence-electron chi connectivity index (χ2n) is 9.27. The van der Waals surface area contributed by atoms with E-state index >= 15 is 0 Å². The molecule has 2 N–H and O–H groups in total. The molecule has 4 rings (SSSR count). The predicted octanol–water partition coefficient (Wildman–Crippen LogP) is 4.70. The summed E-state index contributed by atoms with van der Waals surface area (Å²) in [4.78, 5) is 40.2. The Morgan fingerprint density at radius 1 is 1.00 bits per heavy atom. The Balaban J connectivity index is 1.39. The number of carbonyl (C=O) groups excluding carboxylic acids is 3. The molecule has 1 saturated heterocycles. The molecular weight excluding hydrogens is 454 g/mol. The van der Waals surface area contributed by atoms with Gasteiger partial charge in [-0.25, -0.2) is 0 Å². The lowest BCUT2D eigenvalue weighted by molar-refractivity contribution is -0.122. The van der Waals surface area contributed by atoms with E-state index in [0.29, 0.717) is 17.8 Å². The van der Waals surface area contributed by atoms with Crippen LogP contribution in [0.3, 0.4) is 0 Å². The number of amides is 3. The Morgan fingerprint density at radius 3 is 2.39 bits per heavy atom. The van der Waals surface area contributed by atoms with Crippen LogP contribution in [0, 0.1) is 12.8 Å². The van der Waals surface area contributed by atoms with Gasteiger partial charge < -0.3 is 20.3 Å². The standard InChI is InChI=1S/C29H31N3O4/c1-19(2)36-24-14-12-23(13-15-24)32-18-22(16-27(32)33)28(34)31-26-7-5-4-6-25(26)29(35)30-17-21-10-8-20(3)9-11-21/h4-15,19,22H,16-18H2,1-3H3,(H,30,35)(H,31,34)/t22-/m1/s1. The van der Waals surface area contributed by atoms with Crippen LogP contribution in [0.2, 0.25) is 0 Å². The first-order chi connectivity index (χ1) is 17.3. The van der Waals surface area contributed by atoms with Crippen LogP contribution in [-0.4, -0.2) is 30.4 Å². The number of carbonyl (C=O) groups is 3. The maximum absolute atomic E-state index is 13.1. The average molecular weight is 486 g/mol. The second-order valence-corrected chi connectivity index (χ2v) is 9.27. The fourth-order valence-electron chi connectivity index (χ4n) is 4.12. The molecule has 0 saturated carbocycles. The fourth-order valence-corrected chi connectivity index (χ4v) is 4.12. The molecular formula is C29H31N3O4. The molecule has 0 radical (unpaired) electrons. The summed E-state index contributed by atoms with van der Waals surface area (Å²) in [6.07, 6.45) is 0.169. The minimum atomic E-state index is -0.521. The SMILES string of the molecule is Cc1ccc(CNC(=O)c2ccccc2NC(=O)[C@@H]2CC(=O)N(c3ccc(OC(C)C)cc3)C2)cc1. The summed E-state index contributed by atoms with van der Waals surface area (Å²) < 4.78 is 5.66. The first kappa shape index (κ1) is 25.0. The summed E-state index contributed by atoms with van der Waals surface area (Å²) in [5.41, 5.74) is 3.66. The van der Waals surface area contributed by atoms with E-state index in [1.165, 1.54) is 0 Å². The Hall–Kier alpha value is -4.13. The normalized spacial score (nSPS) is 15.2. The second kappa shape index (κ2) is 11.1. The minimum absolute atomic E-state index is 0.0601. The van der Waals surface area contributed by atoms with E-state index in [2.05, 4.69) is 10.6 Å². The van der Waals surface area contributed by atoms with Crippen LogP contribution < -0.4 is 20.3 Å². The Bertz CT molecular complexity index is 1240. The number of nitrogens with one attached hydrogen (secondary N) is 2. The first-order valence-corrected chi connectivity index (χ1v) is 12.1. The van der Waals surface area contributed by atoms with E-state index in [4.69, 9.17) is 4.74 Å². The van der Waals surface area contributed by atoms with Gasteiger partial charge in [0.15, 0.2) is 0 Å². The van der Waals surface area contributed by atoms with Crippen molar-refractivity contribution in [2.24, 2.45) is 5.92 Å². The number of ether oxygens (including phenoxy) is 1. The lowest BCUT2D eigenvalue weighted by atomic mass is 10.1. The molecule has 1 aliphatic rings. The average Bonchev–Trinajstić information content (AvgIpc) is 3.25. The molecule has 7 heteroatoms. The van der Waals surface area contributed by atoms with Crippen LogP contribution >= 0.6 is 0 Å². The van der Waals surface area contributed by atoms with Crippen molar-refractivity contribution < 1.29 is 19.1 Å². The zero-order valence-corrected chi connectivity index (χ0v) is 20.8. The van der Waals surface area contributed by atoms with Gasteiger partial charge in [-0.1, -0.05) is 42.0 Å². The van der Waals surface area contributed by atoms with E-state index in [9.17, 15) is 14.4 Å². The largest absolute Gasteiger partial charge is 0.491 e. The van der Waals surface area contributed by atoms with Crippen molar-refractivity contribution in [1.29, 1.82) is 0 Å². The zero-order chi connectivity index (χ0) is 25.7. The van der Waals surface area contributed by atoms with Crippen LogP contribution in [0.25, 0.3) is 0 Å². The number of nitrogens with zero attached hydrogens (tertiary/aromatic N) is 1. The molecule has 1 atom stereocenters. The van der Waals surface area contributed by atoms with E-state index in [0.717, 1.165) is 22.6 Å². The molecule has 0 bridgehead atoms. The molecule has 186 valence electrons. The minimum Gasteiger partial charge on any atom is -0.491 e. The summed E-state index contributed by atoms with van der Waals surface area (Å²) in [6.45, 7) is 6.57. The Morgan fingerprint density at radius 2 is 1.69 bits per heavy atom. The lowest BCUT2D eigenvalue weighted by Gasteiger charge is -2.18. The van der Waals surface area contributed by atoms with Crippen molar-refractivity contribution in [1.82, 2.24) is 5.32 Å². The van der Waals surface area contributed by atoms with Gasteiger partial charge in [-0.15, -0.1) is 0 Å². The number of aryl methyl sites for hydroxylation is 1. The Kier molecular flexibility index (Phi) is 7.68. The van der Waals surface area contributed by atoms with Crippen molar-refractivity contribution in [3.05, 3.63) is 89.5 Å². The molecule has 1 aliphatic heterocycles. The number of benzene rings is 3. The smallest absolute Gasteiger partial charge is 0.253 e. The molecule has 1 fully saturated rings. The highest BCUT2D eigenvalue weighted by molar-refractivity contribution is 6.07. The molecule has 0 aliphatic carbocycles. The van der Waals surface area contributed by atoms with Gasteiger partial charge in [0, 0.05) is 25.2 Å². The van der Waals surface area contributed by atoms with Crippen molar-refractivity contribution in [2.45, 2.75) is 39.8 Å². The molecule has 36 heavy (non-hydrogen) atoms. The third-order valence-corrected chi connectivity index (χ3v) is 6.02. The van der Waals surface area contributed by atoms with Gasteiger partial charge in [0.2, 0.25) is 11.8 Å². The molecule has 0 aromatic heterocycles. The van der Waals surface area contributed by atoms with Crippen LogP contribution in [0.15, 0.2) is 72.8 Å². The monoisotopic (exact) mass is 485 g/mol. The number of rotatable bonds is 8. The van der Waals surface area contributed by atoms with Crippen LogP contribution in [0.1, 0.15) is 41.8 Å². The summed E-state index contributed by atoms with van der Waals surface area (Å²) in [5.74, 6) is -0.472. The Labute approximate surface area is 211 Å². The number of hydrogen-bond donors (Lipinski definition) is 2. The van der Waals surface area contributed by atoms with Crippen LogP contribution in [-0.2, 0) is 16.1 Å². The quantitative estimate of drug-likeness (QED) is 0.484. The predicted molar refractivity (Wildman–Crippen MR) is 140 cm³/mol. The van der Waals surface area contributed by atoms with E-state index < -0.39 is 5.92 Å². The third kappa shape index (κ3) is 6.10. The van der Waals surface area contributed by atoms with Gasteiger partial charge in [-0.3, -0.25) is 14.4 Å². The topological polar surface area (TPSA) is 87.7 Å². The maximum atomic E-state index is 13.1. The van der Waals surface area contributed by atoms with E-state index in [-0.39, 0.29) is 36.8 Å². The van der Waals surface area contributed by atoms with Crippen LogP contribution in [0.4, 0.5) is 11.4 Å². The molecule has 1 heterocycles. The highest BCUT2D eigenvalue weighted by Crippen LogP contribution is 2.28. The summed E-state index contributed by atoms with van der Waals surface area (Å²) in [6, 6.07) is 22.1. The molecule has 7 nitrogen and oxygen atoms in total. The molecule has 0 unspecified atom stereocenters. The summed E-state index contributed by atoms with van der Waals surface area (Å²) in [5, 5.41) is 5.77. The maximum Gasteiger partial charge on any atom is 0.253 e. The first-order valence-electron chi connectivity index (χ1n) is 12.1. The fraction of sp³-hybridized carbons (Fsp3) is 0.276. The molecule has 3 aromatic rings. The molecule has 3 amide bonds. The van der Waals surface area contributed by atoms with Crippen molar-refractivity contribution in [3.8, 4) is 5.75 Å². The van der Waals surface area contributed by atoms with Gasteiger partial charge in [-0.2, -0.15) is 0 Å². The third-order valence-electron chi connectivity index (χ3n) is 6.02. The summed E-state index contributed by atoms with van der Waals surface area (Å²) >= 11 is 0. The van der Waals surface area contributed by atoms with Crippen molar-refractivity contribution in [3.63, 3.8) is 0 Å². The van der Waals surface area contributed by atoms with Gasteiger partial charge in [0.1, 0.15) is 5.75 Å². The van der Waals surface area contributed by atoms with Gasteiger partial charge >= 0.3 is 0 Å². The number of anilines is 2. The number of hydrogen-bond acceptors (Lipinski definition) is 4. The van der Waals surface area contributed by atoms with Gasteiger partial charge in [0.05, 0.1) is 23.3 Å². The lowest BCUT2D eigenvalue weighted by Crippen LogP contribution is -2.29. The summed E-state index contributed by atoms with van der Waals surface area (Å²) in [7, 11) is 0. The van der Waals surface area contributed by atoms with Crippen molar-refractivity contribution in [2.75, 3.05) is 16.8 Å². The molecule has 3 aromatic carbocycles. The van der Waals surface area contributed by atoms with Crippen molar-refractivity contribution >= 4 is 29.1 Å². The van der Waals surface area contributed by atoms with Gasteiger partial charge in [0.25, 0.3) is 5.91 Å². The number of para-hydroxylation sites is 1. The molecule has 0 spiro atoms. The highest BCUT2D eigenvalue weighted by atomic mass is 16.5. The zero-order valence-electron chi connectivity index (χ0n) is 20.8. The van der Waals surface area contributed by atoms with E-state index in [1.807, 2.05) is 69.3 Å². The van der Waals surface area contributed by atoms with Crippen LogP contribution in [0.5, 0.6) is 5.75 Å².